The van der Waals surface area contributed by atoms with Crippen LogP contribution in [0.2, 0.25) is 0 Å². The highest BCUT2D eigenvalue weighted by molar-refractivity contribution is 7.10. The van der Waals surface area contributed by atoms with Crippen molar-refractivity contribution in [3.8, 4) is 0 Å². The van der Waals surface area contributed by atoms with Crippen molar-refractivity contribution in [2.45, 2.75) is 40.3 Å². The topological polar surface area (TPSA) is 61.4 Å². The number of carbonyl (C=O) groups excluding carboxylic acids is 1. The van der Waals surface area contributed by atoms with Gasteiger partial charge in [-0.2, -0.15) is 0 Å². The first kappa shape index (κ1) is 15.0. The first-order valence-electron chi connectivity index (χ1n) is 6.03. The van der Waals surface area contributed by atoms with E-state index < -0.39 is 6.10 Å². The van der Waals surface area contributed by atoms with E-state index in [0.29, 0.717) is 6.54 Å². The number of hydrogen-bond donors (Lipinski definition) is 3. The van der Waals surface area contributed by atoms with E-state index in [1.165, 1.54) is 5.56 Å². The van der Waals surface area contributed by atoms with Crippen molar-refractivity contribution in [1.29, 1.82) is 0 Å². The second kappa shape index (κ2) is 6.20. The van der Waals surface area contributed by atoms with Crippen LogP contribution in [0, 0.1) is 12.3 Å². The molecule has 1 unspecified atom stereocenters. The molecule has 0 fully saturated rings. The summed E-state index contributed by atoms with van der Waals surface area (Å²) in [6.07, 6.45) is -0.549. The molecule has 0 radical (unpaired) electrons. The molecule has 1 heterocycles. The average molecular weight is 270 g/mol. The molecule has 1 aromatic rings. The molecule has 0 spiro atoms. The summed E-state index contributed by atoms with van der Waals surface area (Å²) in [5.74, 6) is 0. The lowest BCUT2D eigenvalue weighted by molar-refractivity contribution is 0.0650. The highest BCUT2D eigenvalue weighted by atomic mass is 32.1. The Morgan fingerprint density at radius 1 is 1.44 bits per heavy atom. The Morgan fingerprint density at radius 3 is 2.61 bits per heavy atom. The van der Waals surface area contributed by atoms with Crippen LogP contribution in [0.25, 0.3) is 0 Å². The number of amides is 2. The molecule has 4 nitrogen and oxygen atoms in total. The Balaban J connectivity index is 2.29. The van der Waals surface area contributed by atoms with Gasteiger partial charge in [0.15, 0.2) is 0 Å². The summed E-state index contributed by atoms with van der Waals surface area (Å²) in [6.45, 7) is 8.62. The maximum Gasteiger partial charge on any atom is 0.315 e. The molecule has 5 heteroatoms. The number of aliphatic hydroxyl groups excluding tert-OH is 1. The van der Waals surface area contributed by atoms with Crippen LogP contribution in [-0.2, 0) is 6.54 Å². The molecule has 102 valence electrons. The number of rotatable bonds is 4. The van der Waals surface area contributed by atoms with E-state index in [1.807, 2.05) is 39.1 Å². The second-order valence-corrected chi connectivity index (χ2v) is 6.47. The van der Waals surface area contributed by atoms with E-state index in [0.717, 1.165) is 4.88 Å². The van der Waals surface area contributed by atoms with Gasteiger partial charge in [-0.25, -0.2) is 4.79 Å². The van der Waals surface area contributed by atoms with Gasteiger partial charge in [-0.3, -0.25) is 0 Å². The van der Waals surface area contributed by atoms with Gasteiger partial charge in [-0.05, 0) is 29.3 Å². The second-order valence-electron chi connectivity index (χ2n) is 5.47. The van der Waals surface area contributed by atoms with Crippen molar-refractivity contribution in [2.75, 3.05) is 6.54 Å². The smallest absolute Gasteiger partial charge is 0.315 e. The zero-order chi connectivity index (χ0) is 13.8. The lowest BCUT2D eigenvalue weighted by atomic mass is 9.89. The van der Waals surface area contributed by atoms with Crippen molar-refractivity contribution in [1.82, 2.24) is 10.6 Å². The van der Waals surface area contributed by atoms with Gasteiger partial charge in [0.2, 0.25) is 0 Å². The number of nitrogens with one attached hydrogen (secondary N) is 2. The molecular formula is C13H22N2O2S. The van der Waals surface area contributed by atoms with Crippen LogP contribution >= 0.6 is 11.3 Å². The van der Waals surface area contributed by atoms with Gasteiger partial charge < -0.3 is 15.7 Å². The van der Waals surface area contributed by atoms with Crippen LogP contribution in [0.15, 0.2) is 11.4 Å². The summed E-state index contributed by atoms with van der Waals surface area (Å²) in [5.41, 5.74) is 0.965. The van der Waals surface area contributed by atoms with E-state index in [9.17, 15) is 9.90 Å². The van der Waals surface area contributed by atoms with Crippen LogP contribution in [-0.4, -0.2) is 23.8 Å². The van der Waals surface area contributed by atoms with E-state index >= 15 is 0 Å². The minimum Gasteiger partial charge on any atom is -0.391 e. The number of urea groups is 1. The number of aryl methyl sites for hydroxylation is 1. The Kier molecular flexibility index (Phi) is 5.16. The number of carbonyl (C=O) groups is 1. The van der Waals surface area contributed by atoms with Gasteiger partial charge in [-0.1, -0.05) is 20.8 Å². The summed E-state index contributed by atoms with van der Waals surface area (Å²) < 4.78 is 0. The van der Waals surface area contributed by atoms with Crippen LogP contribution in [0.5, 0.6) is 0 Å². The number of aliphatic hydroxyl groups is 1. The lowest BCUT2D eigenvalue weighted by Crippen LogP contribution is -2.43. The molecule has 18 heavy (non-hydrogen) atoms. The monoisotopic (exact) mass is 270 g/mol. The van der Waals surface area contributed by atoms with Crippen LogP contribution < -0.4 is 10.6 Å². The molecule has 1 atom stereocenters. The first-order valence-corrected chi connectivity index (χ1v) is 6.91. The van der Waals surface area contributed by atoms with E-state index in [1.54, 1.807) is 11.3 Å². The Labute approximate surface area is 112 Å². The van der Waals surface area contributed by atoms with Gasteiger partial charge >= 0.3 is 6.03 Å². The summed E-state index contributed by atoms with van der Waals surface area (Å²) in [6, 6.07) is 1.79. The SMILES string of the molecule is Cc1ccsc1CNC(=O)NCC(O)C(C)(C)C. The highest BCUT2D eigenvalue weighted by Crippen LogP contribution is 2.18. The quantitative estimate of drug-likeness (QED) is 0.786. The molecule has 1 aromatic heterocycles. The number of thiophene rings is 1. The first-order chi connectivity index (χ1) is 8.30. The van der Waals surface area contributed by atoms with Crippen molar-refractivity contribution < 1.29 is 9.90 Å². The van der Waals surface area contributed by atoms with Crippen LogP contribution in [0.4, 0.5) is 4.79 Å². The predicted octanol–water partition coefficient (Wildman–Crippen LogP) is 2.26. The zero-order valence-corrected chi connectivity index (χ0v) is 12.2. The van der Waals surface area contributed by atoms with Crippen LogP contribution in [0.3, 0.4) is 0 Å². The van der Waals surface area contributed by atoms with Gasteiger partial charge in [0.05, 0.1) is 12.6 Å². The summed E-state index contributed by atoms with van der Waals surface area (Å²) in [7, 11) is 0. The van der Waals surface area contributed by atoms with Gasteiger partial charge in [0.1, 0.15) is 0 Å². The van der Waals surface area contributed by atoms with Gasteiger partial charge in [0.25, 0.3) is 0 Å². The molecule has 0 aliphatic rings. The summed E-state index contributed by atoms with van der Waals surface area (Å²) in [4.78, 5) is 12.7. The van der Waals surface area contributed by atoms with Crippen LogP contribution in [0.1, 0.15) is 31.2 Å². The molecule has 0 saturated heterocycles. The van der Waals surface area contributed by atoms with Crippen molar-refractivity contribution in [2.24, 2.45) is 5.41 Å². The number of hydrogen-bond acceptors (Lipinski definition) is 3. The van der Waals surface area contributed by atoms with Crippen molar-refractivity contribution in [3.05, 3.63) is 21.9 Å². The fraction of sp³-hybridized carbons (Fsp3) is 0.615. The molecule has 0 saturated carbocycles. The van der Waals surface area contributed by atoms with Crippen molar-refractivity contribution in [3.63, 3.8) is 0 Å². The van der Waals surface area contributed by atoms with Crippen molar-refractivity contribution >= 4 is 17.4 Å². The largest absolute Gasteiger partial charge is 0.391 e. The predicted molar refractivity (Wildman–Crippen MR) is 74.8 cm³/mol. The van der Waals surface area contributed by atoms with E-state index in [2.05, 4.69) is 10.6 Å². The highest BCUT2D eigenvalue weighted by Gasteiger charge is 2.22. The third kappa shape index (κ3) is 4.66. The molecule has 0 aliphatic carbocycles. The third-order valence-electron chi connectivity index (χ3n) is 2.83. The Bertz CT molecular complexity index is 396. The average Bonchev–Trinajstić information content (AvgIpc) is 2.67. The summed E-state index contributed by atoms with van der Waals surface area (Å²) in [5, 5.41) is 17.3. The molecule has 0 aromatic carbocycles. The zero-order valence-electron chi connectivity index (χ0n) is 11.4. The lowest BCUT2D eigenvalue weighted by Gasteiger charge is -2.25. The fourth-order valence-electron chi connectivity index (χ4n) is 1.30. The van der Waals surface area contributed by atoms with Gasteiger partial charge in [-0.15, -0.1) is 11.3 Å². The van der Waals surface area contributed by atoms with E-state index in [4.69, 9.17) is 0 Å². The molecule has 1 rings (SSSR count). The molecule has 0 bridgehead atoms. The Morgan fingerprint density at radius 2 is 2.11 bits per heavy atom. The van der Waals surface area contributed by atoms with Gasteiger partial charge in [0, 0.05) is 11.4 Å². The maximum absolute atomic E-state index is 11.6. The third-order valence-corrected chi connectivity index (χ3v) is 3.86. The standard InChI is InChI=1S/C13H22N2O2S/c1-9-5-6-18-10(9)7-14-12(17)15-8-11(16)13(2,3)4/h5-6,11,16H,7-8H2,1-4H3,(H2,14,15,17). The molecule has 0 aliphatic heterocycles. The molecular weight excluding hydrogens is 248 g/mol. The minimum absolute atomic E-state index is 0.225. The van der Waals surface area contributed by atoms with E-state index in [-0.39, 0.29) is 18.0 Å². The fourth-order valence-corrected chi connectivity index (χ4v) is 2.15. The normalized spacial score (nSPS) is 13.2. The molecule has 2 amide bonds. The minimum atomic E-state index is -0.549. The summed E-state index contributed by atoms with van der Waals surface area (Å²) >= 11 is 1.63. The Hall–Kier alpha value is -1.07. The molecule has 3 N–H and O–H groups in total. The maximum atomic E-state index is 11.6.